The number of nitrogens with zero attached hydrogens (tertiary/aromatic N) is 3. The molecular formula is C16H24N4O4S. The minimum Gasteiger partial charge on any atom is -0.354 e. The van der Waals surface area contributed by atoms with E-state index in [4.69, 9.17) is 0 Å². The van der Waals surface area contributed by atoms with Crippen LogP contribution in [0.3, 0.4) is 0 Å². The minimum absolute atomic E-state index is 0.0811. The second kappa shape index (κ2) is 7.25. The fraction of sp³-hybridized carbons (Fsp3) is 0.688. The lowest BCUT2D eigenvalue weighted by Crippen LogP contribution is -2.43. The molecule has 8 nitrogen and oxygen atoms in total. The molecule has 9 heteroatoms. The second-order valence-corrected chi connectivity index (χ2v) is 8.74. The summed E-state index contributed by atoms with van der Waals surface area (Å²) >= 11 is 0. The van der Waals surface area contributed by atoms with E-state index in [9.17, 15) is 18.0 Å². The van der Waals surface area contributed by atoms with Gasteiger partial charge in [-0.05, 0) is 37.7 Å². The molecule has 1 aromatic heterocycles. The third kappa shape index (κ3) is 4.27. The van der Waals surface area contributed by atoms with Crippen molar-refractivity contribution in [1.29, 1.82) is 0 Å². The Balaban J connectivity index is 1.48. The maximum absolute atomic E-state index is 12.2. The number of aryl methyl sites for hydroxylation is 2. The Morgan fingerprint density at radius 1 is 1.32 bits per heavy atom. The first kappa shape index (κ1) is 18.1. The van der Waals surface area contributed by atoms with E-state index in [1.807, 2.05) is 0 Å². The fourth-order valence-corrected chi connectivity index (χ4v) is 4.35. The predicted octanol–water partition coefficient (Wildman–Crippen LogP) is -0.480. The zero-order valence-electron chi connectivity index (χ0n) is 14.4. The molecule has 1 aliphatic carbocycles. The molecule has 1 amide bonds. The molecule has 3 rings (SSSR count). The van der Waals surface area contributed by atoms with Gasteiger partial charge in [-0.1, -0.05) is 0 Å². The van der Waals surface area contributed by atoms with Crippen LogP contribution < -0.4 is 10.9 Å². The number of amides is 1. The molecule has 1 saturated heterocycles. The van der Waals surface area contributed by atoms with E-state index >= 15 is 0 Å². The van der Waals surface area contributed by atoms with Gasteiger partial charge in [0.15, 0.2) is 0 Å². The number of rotatable bonds is 5. The van der Waals surface area contributed by atoms with Crippen LogP contribution in [0.2, 0.25) is 0 Å². The lowest BCUT2D eigenvalue weighted by atomic mass is 9.97. The van der Waals surface area contributed by atoms with Gasteiger partial charge in [0.1, 0.15) is 0 Å². The van der Waals surface area contributed by atoms with E-state index in [-0.39, 0.29) is 17.4 Å². The highest BCUT2D eigenvalue weighted by atomic mass is 32.2. The van der Waals surface area contributed by atoms with Crippen LogP contribution in [-0.4, -0.2) is 54.3 Å². The van der Waals surface area contributed by atoms with Crippen LogP contribution >= 0.6 is 0 Å². The summed E-state index contributed by atoms with van der Waals surface area (Å²) in [5.41, 5.74) is 1.90. The molecule has 0 saturated carbocycles. The molecule has 0 aromatic carbocycles. The van der Waals surface area contributed by atoms with Crippen LogP contribution in [0.25, 0.3) is 0 Å². The third-order valence-corrected chi connectivity index (χ3v) is 6.24. The van der Waals surface area contributed by atoms with Crippen LogP contribution in [-0.2, 0) is 34.2 Å². The van der Waals surface area contributed by atoms with Gasteiger partial charge in [-0.2, -0.15) is 5.10 Å². The van der Waals surface area contributed by atoms with Crippen LogP contribution in [0.15, 0.2) is 10.9 Å². The van der Waals surface area contributed by atoms with E-state index < -0.39 is 10.0 Å². The van der Waals surface area contributed by atoms with Crippen LogP contribution in [0.4, 0.5) is 0 Å². The topological polar surface area (TPSA) is 101 Å². The summed E-state index contributed by atoms with van der Waals surface area (Å²) < 4.78 is 25.8. The van der Waals surface area contributed by atoms with Crippen molar-refractivity contribution in [2.45, 2.75) is 38.6 Å². The Kier molecular flexibility index (Phi) is 5.24. The summed E-state index contributed by atoms with van der Waals surface area (Å²) in [5, 5.41) is 7.22. The Labute approximate surface area is 147 Å². The van der Waals surface area contributed by atoms with Crippen molar-refractivity contribution in [2.75, 3.05) is 25.9 Å². The van der Waals surface area contributed by atoms with E-state index in [2.05, 4.69) is 10.4 Å². The molecule has 2 heterocycles. The Hall–Kier alpha value is -1.74. The van der Waals surface area contributed by atoms with E-state index in [0.717, 1.165) is 30.5 Å². The number of carbonyl (C=O) groups excluding carboxylic acids is 1. The highest BCUT2D eigenvalue weighted by Crippen LogP contribution is 2.19. The number of fused-ring (bicyclic) bond motifs is 1. The molecule has 1 fully saturated rings. The standard InChI is InChI=1S/C16H24N4O4S/c1-25(23,24)19-8-5-12(6-9-19)16(22)17-7-10-20-15(21)11-13-3-2-4-14(13)18-20/h11-12H,2-10H2,1H3,(H,17,22). The molecule has 0 atom stereocenters. The van der Waals surface area contributed by atoms with Gasteiger partial charge in [-0.25, -0.2) is 17.4 Å². The fourth-order valence-electron chi connectivity index (χ4n) is 3.48. The number of carbonyl (C=O) groups is 1. The van der Waals surface area contributed by atoms with Crippen molar-refractivity contribution in [3.63, 3.8) is 0 Å². The number of hydrogen-bond donors (Lipinski definition) is 1. The number of aromatic nitrogens is 2. The highest BCUT2D eigenvalue weighted by molar-refractivity contribution is 7.88. The van der Waals surface area contributed by atoms with Gasteiger partial charge in [-0.3, -0.25) is 9.59 Å². The van der Waals surface area contributed by atoms with E-state index in [1.165, 1.54) is 15.2 Å². The Morgan fingerprint density at radius 2 is 2.04 bits per heavy atom. The third-order valence-electron chi connectivity index (χ3n) is 4.94. The summed E-state index contributed by atoms with van der Waals surface area (Å²) in [4.78, 5) is 24.2. The van der Waals surface area contributed by atoms with Crippen molar-refractivity contribution in [1.82, 2.24) is 19.4 Å². The first-order chi connectivity index (χ1) is 11.8. The molecule has 0 spiro atoms. The molecule has 0 radical (unpaired) electrons. The lowest BCUT2D eigenvalue weighted by Gasteiger charge is -2.29. The molecule has 0 bridgehead atoms. The normalized spacial score (nSPS) is 18.9. The number of nitrogens with one attached hydrogen (secondary N) is 1. The van der Waals surface area contributed by atoms with E-state index in [1.54, 1.807) is 6.07 Å². The lowest BCUT2D eigenvalue weighted by molar-refractivity contribution is -0.126. The number of hydrogen-bond acceptors (Lipinski definition) is 5. The minimum atomic E-state index is -3.18. The van der Waals surface area contributed by atoms with Crippen LogP contribution in [0.5, 0.6) is 0 Å². The molecule has 2 aliphatic rings. The van der Waals surface area contributed by atoms with Crippen molar-refractivity contribution in [3.05, 3.63) is 27.7 Å². The number of sulfonamides is 1. The molecule has 0 unspecified atom stereocenters. The van der Waals surface area contributed by atoms with Gasteiger partial charge in [0.25, 0.3) is 5.56 Å². The van der Waals surface area contributed by atoms with Crippen molar-refractivity contribution >= 4 is 15.9 Å². The number of piperidine rings is 1. The van der Waals surface area contributed by atoms with Crippen molar-refractivity contribution in [2.24, 2.45) is 5.92 Å². The smallest absolute Gasteiger partial charge is 0.267 e. The van der Waals surface area contributed by atoms with Crippen LogP contribution in [0.1, 0.15) is 30.5 Å². The van der Waals surface area contributed by atoms with Crippen molar-refractivity contribution < 1.29 is 13.2 Å². The molecule has 1 aliphatic heterocycles. The maximum Gasteiger partial charge on any atom is 0.267 e. The monoisotopic (exact) mass is 368 g/mol. The molecular weight excluding hydrogens is 344 g/mol. The van der Waals surface area contributed by atoms with Gasteiger partial charge in [-0.15, -0.1) is 0 Å². The largest absolute Gasteiger partial charge is 0.354 e. The Morgan fingerprint density at radius 3 is 2.72 bits per heavy atom. The maximum atomic E-state index is 12.2. The zero-order valence-corrected chi connectivity index (χ0v) is 15.2. The molecule has 25 heavy (non-hydrogen) atoms. The predicted molar refractivity (Wildman–Crippen MR) is 92.7 cm³/mol. The van der Waals surface area contributed by atoms with Crippen LogP contribution in [0, 0.1) is 5.92 Å². The Bertz CT molecular complexity index is 810. The first-order valence-corrected chi connectivity index (χ1v) is 10.5. The first-order valence-electron chi connectivity index (χ1n) is 8.67. The quantitative estimate of drug-likeness (QED) is 0.756. The average Bonchev–Trinajstić information content (AvgIpc) is 3.01. The summed E-state index contributed by atoms with van der Waals surface area (Å²) in [6.07, 6.45) is 5.09. The zero-order chi connectivity index (χ0) is 18.0. The van der Waals surface area contributed by atoms with Gasteiger partial charge >= 0.3 is 0 Å². The van der Waals surface area contributed by atoms with Crippen molar-refractivity contribution in [3.8, 4) is 0 Å². The SMILES string of the molecule is CS(=O)(=O)N1CCC(C(=O)NCCn2nc3c(cc2=O)CCC3)CC1. The highest BCUT2D eigenvalue weighted by Gasteiger charge is 2.28. The van der Waals surface area contributed by atoms with E-state index in [0.29, 0.717) is 39.0 Å². The van der Waals surface area contributed by atoms with Gasteiger partial charge in [0, 0.05) is 31.6 Å². The average molecular weight is 368 g/mol. The summed E-state index contributed by atoms with van der Waals surface area (Å²) in [7, 11) is -3.18. The summed E-state index contributed by atoms with van der Waals surface area (Å²) in [6.45, 7) is 1.45. The molecule has 138 valence electrons. The van der Waals surface area contributed by atoms with Gasteiger partial charge in [0.05, 0.1) is 18.5 Å². The summed E-state index contributed by atoms with van der Waals surface area (Å²) in [6, 6.07) is 1.65. The summed E-state index contributed by atoms with van der Waals surface area (Å²) in [5.74, 6) is -0.259. The van der Waals surface area contributed by atoms with Gasteiger partial charge in [0.2, 0.25) is 15.9 Å². The second-order valence-electron chi connectivity index (χ2n) is 6.76. The van der Waals surface area contributed by atoms with Gasteiger partial charge < -0.3 is 5.32 Å². The molecule has 1 aromatic rings. The molecule has 1 N–H and O–H groups in total.